The molecule has 0 unspecified atom stereocenters. The minimum Gasteiger partial charge on any atom is -0.506 e. The molecule has 0 spiro atoms. The second-order valence-electron chi connectivity index (χ2n) is 4.29. The Hall–Kier alpha value is -2.78. The van der Waals surface area contributed by atoms with Crippen LogP contribution in [0.4, 0.5) is 11.4 Å². The Morgan fingerprint density at radius 2 is 1.86 bits per heavy atom. The van der Waals surface area contributed by atoms with Gasteiger partial charge in [0.25, 0.3) is 5.91 Å². The van der Waals surface area contributed by atoms with E-state index in [0.29, 0.717) is 11.4 Å². The lowest BCUT2D eigenvalue weighted by Gasteiger charge is -2.06. The molecule has 2 aromatic rings. The van der Waals surface area contributed by atoms with Crippen molar-refractivity contribution in [3.63, 3.8) is 0 Å². The van der Waals surface area contributed by atoms with E-state index < -0.39 is 5.91 Å². The molecule has 0 aromatic heterocycles. The lowest BCUT2D eigenvalue weighted by molar-refractivity contribution is -0.112. The van der Waals surface area contributed by atoms with Gasteiger partial charge in [-0.15, -0.1) is 0 Å². The fraction of sp³-hybridized carbons (Fsp3) is 0. The van der Waals surface area contributed by atoms with Crippen molar-refractivity contribution in [1.82, 2.24) is 0 Å². The van der Waals surface area contributed by atoms with E-state index >= 15 is 0 Å². The summed E-state index contributed by atoms with van der Waals surface area (Å²) in [5.41, 5.74) is 0.884. The first-order chi connectivity index (χ1) is 10.6. The van der Waals surface area contributed by atoms with Gasteiger partial charge >= 0.3 is 0 Å². The number of nitrogens with one attached hydrogen (secondary N) is 2. The van der Waals surface area contributed by atoms with Crippen molar-refractivity contribution in [3.05, 3.63) is 64.8 Å². The Bertz CT molecular complexity index is 749. The van der Waals surface area contributed by atoms with Crippen LogP contribution < -0.4 is 10.6 Å². The molecule has 2 rings (SSSR count). The summed E-state index contributed by atoms with van der Waals surface area (Å²) in [5, 5.41) is 24.0. The zero-order valence-corrected chi connectivity index (χ0v) is 13.0. The van der Waals surface area contributed by atoms with Crippen molar-refractivity contribution in [3.8, 4) is 11.8 Å². The van der Waals surface area contributed by atoms with Crippen molar-refractivity contribution >= 4 is 33.2 Å². The average molecular weight is 358 g/mol. The van der Waals surface area contributed by atoms with Crippen molar-refractivity contribution in [2.75, 3.05) is 10.6 Å². The van der Waals surface area contributed by atoms with Crippen LogP contribution in [0.5, 0.6) is 5.75 Å². The Kier molecular flexibility index (Phi) is 5.17. The van der Waals surface area contributed by atoms with Gasteiger partial charge in [-0.05, 0) is 36.4 Å². The first-order valence-electron chi connectivity index (χ1n) is 6.32. The topological polar surface area (TPSA) is 85.2 Å². The number of para-hydroxylation sites is 2. The Balaban J connectivity index is 2.09. The maximum atomic E-state index is 12.0. The Morgan fingerprint density at radius 1 is 1.18 bits per heavy atom. The quantitative estimate of drug-likeness (QED) is 0.443. The third-order valence-electron chi connectivity index (χ3n) is 2.74. The number of aromatic hydroxyl groups is 1. The van der Waals surface area contributed by atoms with Gasteiger partial charge in [-0.1, -0.05) is 28.1 Å². The second-order valence-corrected chi connectivity index (χ2v) is 5.21. The molecule has 0 bridgehead atoms. The summed E-state index contributed by atoms with van der Waals surface area (Å²) in [6.07, 6.45) is 1.25. The lowest BCUT2D eigenvalue weighted by Crippen LogP contribution is -2.14. The van der Waals surface area contributed by atoms with Gasteiger partial charge in [-0.2, -0.15) is 5.26 Å². The molecule has 2 aromatic carbocycles. The number of nitriles is 1. The molecule has 22 heavy (non-hydrogen) atoms. The summed E-state index contributed by atoms with van der Waals surface area (Å²) in [4.78, 5) is 12.0. The molecule has 0 aliphatic carbocycles. The number of hydrogen-bond acceptors (Lipinski definition) is 4. The number of phenolic OH excluding ortho intramolecular Hbond substituents is 1. The molecule has 0 radical (unpaired) electrons. The SMILES string of the molecule is N#C/C(=C/Nc1ccccc1O)C(=O)Nc1ccc(Br)cc1. The molecule has 0 saturated carbocycles. The molecule has 3 N–H and O–H groups in total. The van der Waals surface area contributed by atoms with E-state index in [0.717, 1.165) is 4.47 Å². The highest BCUT2D eigenvalue weighted by Crippen LogP contribution is 2.21. The summed E-state index contributed by atoms with van der Waals surface area (Å²) in [6.45, 7) is 0. The van der Waals surface area contributed by atoms with Gasteiger partial charge in [0.1, 0.15) is 17.4 Å². The molecule has 110 valence electrons. The van der Waals surface area contributed by atoms with Gasteiger partial charge in [0.15, 0.2) is 0 Å². The first-order valence-corrected chi connectivity index (χ1v) is 7.11. The number of amides is 1. The summed E-state index contributed by atoms with van der Waals surface area (Å²) in [6, 6.07) is 15.4. The van der Waals surface area contributed by atoms with E-state index in [1.54, 1.807) is 42.5 Å². The van der Waals surface area contributed by atoms with E-state index in [1.807, 2.05) is 6.07 Å². The Morgan fingerprint density at radius 3 is 2.50 bits per heavy atom. The van der Waals surface area contributed by atoms with Crippen LogP contribution in [0.1, 0.15) is 0 Å². The maximum absolute atomic E-state index is 12.0. The molecule has 0 saturated heterocycles. The fourth-order valence-electron chi connectivity index (χ4n) is 1.63. The van der Waals surface area contributed by atoms with Crippen molar-refractivity contribution in [1.29, 1.82) is 5.26 Å². The number of benzene rings is 2. The van der Waals surface area contributed by atoms with E-state index in [2.05, 4.69) is 26.6 Å². The van der Waals surface area contributed by atoms with Crippen LogP contribution in [0, 0.1) is 11.3 Å². The standard InChI is InChI=1S/C16H12BrN3O2/c17-12-5-7-13(8-6-12)20-16(22)11(9-18)10-19-14-3-1-2-4-15(14)21/h1-8,10,19,21H,(H,20,22)/b11-10-. The minimum atomic E-state index is -0.534. The molecule has 5 nitrogen and oxygen atoms in total. The minimum absolute atomic E-state index is 0.0318. The third kappa shape index (κ3) is 4.11. The highest BCUT2D eigenvalue weighted by atomic mass is 79.9. The molecule has 0 aliphatic rings. The summed E-state index contributed by atoms with van der Waals surface area (Å²) < 4.78 is 0.891. The van der Waals surface area contributed by atoms with E-state index in [9.17, 15) is 9.90 Å². The normalized spacial score (nSPS) is 10.6. The predicted molar refractivity (Wildman–Crippen MR) is 88.2 cm³/mol. The monoisotopic (exact) mass is 357 g/mol. The highest BCUT2D eigenvalue weighted by Gasteiger charge is 2.09. The van der Waals surface area contributed by atoms with Crippen LogP contribution in [0.2, 0.25) is 0 Å². The summed E-state index contributed by atoms with van der Waals surface area (Å²) in [7, 11) is 0. The summed E-state index contributed by atoms with van der Waals surface area (Å²) >= 11 is 3.30. The fourth-order valence-corrected chi connectivity index (χ4v) is 1.89. The average Bonchev–Trinajstić information content (AvgIpc) is 2.52. The maximum Gasteiger partial charge on any atom is 0.267 e. The van der Waals surface area contributed by atoms with Crippen LogP contribution in [-0.2, 0) is 4.79 Å². The highest BCUT2D eigenvalue weighted by molar-refractivity contribution is 9.10. The predicted octanol–water partition coefficient (Wildman–Crippen LogP) is 3.61. The molecule has 6 heteroatoms. The number of carbonyl (C=O) groups excluding carboxylic acids is 1. The van der Waals surface area contributed by atoms with Gasteiger partial charge in [-0.25, -0.2) is 0 Å². The smallest absolute Gasteiger partial charge is 0.267 e. The number of phenols is 1. The van der Waals surface area contributed by atoms with Crippen molar-refractivity contribution in [2.24, 2.45) is 0 Å². The molecule has 0 fully saturated rings. The number of rotatable bonds is 4. The van der Waals surface area contributed by atoms with Crippen LogP contribution in [-0.4, -0.2) is 11.0 Å². The third-order valence-corrected chi connectivity index (χ3v) is 3.27. The molecule has 0 aliphatic heterocycles. The van der Waals surface area contributed by atoms with Gasteiger partial charge in [0, 0.05) is 16.4 Å². The molecule has 0 atom stereocenters. The van der Waals surface area contributed by atoms with Crippen LogP contribution in [0.3, 0.4) is 0 Å². The number of carbonyl (C=O) groups is 1. The van der Waals surface area contributed by atoms with Crippen molar-refractivity contribution in [2.45, 2.75) is 0 Å². The number of hydrogen-bond donors (Lipinski definition) is 3. The molecular formula is C16H12BrN3O2. The first kappa shape index (κ1) is 15.6. The van der Waals surface area contributed by atoms with E-state index in [1.165, 1.54) is 12.3 Å². The van der Waals surface area contributed by atoms with E-state index in [-0.39, 0.29) is 11.3 Å². The van der Waals surface area contributed by atoms with Crippen molar-refractivity contribution < 1.29 is 9.90 Å². The largest absolute Gasteiger partial charge is 0.506 e. The zero-order chi connectivity index (χ0) is 15.9. The molecular weight excluding hydrogens is 346 g/mol. The molecule has 1 amide bonds. The van der Waals surface area contributed by atoms with Gasteiger partial charge < -0.3 is 15.7 Å². The van der Waals surface area contributed by atoms with E-state index in [4.69, 9.17) is 5.26 Å². The zero-order valence-electron chi connectivity index (χ0n) is 11.4. The lowest BCUT2D eigenvalue weighted by atomic mass is 10.2. The number of anilines is 2. The van der Waals surface area contributed by atoms with Crippen LogP contribution in [0.15, 0.2) is 64.8 Å². The Labute approximate surface area is 136 Å². The second kappa shape index (κ2) is 7.29. The molecule has 0 heterocycles. The van der Waals surface area contributed by atoms with Crippen LogP contribution in [0.25, 0.3) is 0 Å². The number of nitrogens with zero attached hydrogens (tertiary/aromatic N) is 1. The number of halogens is 1. The van der Waals surface area contributed by atoms with Gasteiger partial charge in [0.05, 0.1) is 5.69 Å². The van der Waals surface area contributed by atoms with Gasteiger partial charge in [-0.3, -0.25) is 4.79 Å². The summed E-state index contributed by atoms with van der Waals surface area (Å²) in [5.74, 6) is -0.503. The van der Waals surface area contributed by atoms with Crippen LogP contribution >= 0.6 is 15.9 Å². The van der Waals surface area contributed by atoms with Gasteiger partial charge in [0.2, 0.25) is 0 Å².